The van der Waals surface area contributed by atoms with E-state index >= 15 is 0 Å². The van der Waals surface area contributed by atoms with Crippen molar-refractivity contribution in [2.45, 2.75) is 19.8 Å². The second-order valence-electron chi connectivity index (χ2n) is 11.2. The lowest BCUT2D eigenvalue weighted by molar-refractivity contribution is -0.136. The smallest absolute Gasteiger partial charge is 0.311 e. The van der Waals surface area contributed by atoms with Crippen LogP contribution in [0.3, 0.4) is 0 Å². The number of hydrogen-bond donors (Lipinski definition) is 3. The Hall–Kier alpha value is -6.11. The molecule has 1 amide bonds. The van der Waals surface area contributed by atoms with E-state index in [1.165, 1.54) is 0 Å². The van der Waals surface area contributed by atoms with Crippen LogP contribution < -0.4 is 19.7 Å². The van der Waals surface area contributed by atoms with Crippen LogP contribution in [0, 0.1) is 6.92 Å². The van der Waals surface area contributed by atoms with Gasteiger partial charge in [0.05, 0.1) is 38.8 Å². The third kappa shape index (κ3) is 8.04. The molecule has 0 atom stereocenters. The Kier molecular flexibility index (Phi) is 11.4. The van der Waals surface area contributed by atoms with Gasteiger partial charge in [0.1, 0.15) is 29.4 Å². The van der Waals surface area contributed by atoms with Crippen LogP contribution in [-0.4, -0.2) is 59.2 Å². The third-order valence-corrected chi connectivity index (χ3v) is 8.37. The molecule has 0 unspecified atom stereocenters. The Labute approximate surface area is 297 Å². The minimum atomic E-state index is -0.979. The van der Waals surface area contributed by atoms with Crippen LogP contribution in [0.15, 0.2) is 95.5 Å². The van der Waals surface area contributed by atoms with Gasteiger partial charge in [0.2, 0.25) is 5.91 Å². The Morgan fingerprint density at radius 2 is 1.37 bits per heavy atom. The van der Waals surface area contributed by atoms with Gasteiger partial charge in [-0.15, -0.1) is 0 Å². The summed E-state index contributed by atoms with van der Waals surface area (Å²) in [5, 5.41) is 23.4. The molecule has 51 heavy (non-hydrogen) atoms. The highest BCUT2D eigenvalue weighted by atomic mass is 35.5. The van der Waals surface area contributed by atoms with Crippen molar-refractivity contribution >= 4 is 40.3 Å². The third-order valence-electron chi connectivity index (χ3n) is 8.11. The number of halogens is 1. The molecule has 2 aromatic heterocycles. The molecule has 0 spiro atoms. The highest BCUT2D eigenvalue weighted by Gasteiger charge is 2.23. The summed E-state index contributed by atoms with van der Waals surface area (Å²) in [6, 6.07) is 26.6. The first kappa shape index (κ1) is 36.2. The summed E-state index contributed by atoms with van der Waals surface area (Å²) in [5.74, 6) is 0.587. The molecule has 13 heteroatoms. The van der Waals surface area contributed by atoms with Gasteiger partial charge in [-0.3, -0.25) is 24.2 Å². The van der Waals surface area contributed by atoms with Crippen LogP contribution in [0.5, 0.6) is 17.2 Å². The number of amides is 1. The highest BCUT2D eigenvalue weighted by molar-refractivity contribution is 6.30. The van der Waals surface area contributed by atoms with Gasteiger partial charge >= 0.3 is 5.97 Å². The van der Waals surface area contributed by atoms with Crippen LogP contribution in [0.25, 0.3) is 33.3 Å². The van der Waals surface area contributed by atoms with Crippen LogP contribution in [0.1, 0.15) is 27.4 Å². The SMILES string of the molecule is COc1ccc(-c2noc(CC(=O)O)c2-c2ccc(OC)cc2)cc1.COc1ccc2c(c1)c(CC(=O)NO)c(C)n2C(=O)c1ccc(Cl)cc1. The summed E-state index contributed by atoms with van der Waals surface area (Å²) in [6.07, 6.45) is -0.308. The van der Waals surface area contributed by atoms with Gasteiger partial charge in [0.25, 0.3) is 5.91 Å². The van der Waals surface area contributed by atoms with Crippen molar-refractivity contribution in [1.29, 1.82) is 0 Å². The van der Waals surface area contributed by atoms with Gasteiger partial charge < -0.3 is 23.8 Å². The molecule has 0 aliphatic rings. The number of aromatic nitrogens is 2. The van der Waals surface area contributed by atoms with Crippen molar-refractivity contribution in [3.63, 3.8) is 0 Å². The number of fused-ring (bicyclic) bond motifs is 1. The molecule has 0 saturated heterocycles. The normalized spacial score (nSPS) is 10.6. The maximum Gasteiger partial charge on any atom is 0.311 e. The number of methoxy groups -OCH3 is 3. The minimum Gasteiger partial charge on any atom is -0.497 e. The summed E-state index contributed by atoms with van der Waals surface area (Å²) in [7, 11) is 4.73. The quantitative estimate of drug-likeness (QED) is 0.0996. The summed E-state index contributed by atoms with van der Waals surface area (Å²) in [5.41, 5.74) is 6.90. The minimum absolute atomic E-state index is 0.0626. The zero-order valence-electron chi connectivity index (χ0n) is 28.1. The molecule has 4 aromatic carbocycles. The van der Waals surface area contributed by atoms with Gasteiger partial charge in [-0.2, -0.15) is 0 Å². The largest absolute Gasteiger partial charge is 0.497 e. The number of nitrogens with zero attached hydrogens (tertiary/aromatic N) is 2. The summed E-state index contributed by atoms with van der Waals surface area (Å²) < 4.78 is 22.5. The predicted molar refractivity (Wildman–Crippen MR) is 190 cm³/mol. The van der Waals surface area contributed by atoms with Crippen molar-refractivity contribution in [1.82, 2.24) is 15.2 Å². The number of carboxylic acids is 1. The van der Waals surface area contributed by atoms with Gasteiger partial charge in [0.15, 0.2) is 5.76 Å². The van der Waals surface area contributed by atoms with E-state index in [0.717, 1.165) is 16.9 Å². The first-order valence-electron chi connectivity index (χ1n) is 15.5. The van der Waals surface area contributed by atoms with Crippen LogP contribution in [0.4, 0.5) is 0 Å². The van der Waals surface area contributed by atoms with Gasteiger partial charge in [0, 0.05) is 27.2 Å². The monoisotopic (exact) mass is 711 g/mol. The van der Waals surface area contributed by atoms with Crippen LogP contribution >= 0.6 is 11.6 Å². The van der Waals surface area contributed by atoms with Crippen molar-refractivity contribution < 1.29 is 43.4 Å². The molecular weight excluding hydrogens is 678 g/mol. The molecule has 6 rings (SSSR count). The van der Waals surface area contributed by atoms with Crippen molar-refractivity contribution in [2.75, 3.05) is 21.3 Å². The molecule has 3 N–H and O–H groups in total. The second kappa shape index (κ2) is 16.1. The molecule has 0 fully saturated rings. The van der Waals surface area contributed by atoms with E-state index in [9.17, 15) is 14.4 Å². The fraction of sp³-hybridized carbons (Fsp3) is 0.158. The molecule has 6 aromatic rings. The number of nitrogens with one attached hydrogen (secondary N) is 1. The van der Waals surface area contributed by atoms with E-state index < -0.39 is 11.9 Å². The maximum atomic E-state index is 13.1. The molecule has 12 nitrogen and oxygen atoms in total. The van der Waals surface area contributed by atoms with Crippen LogP contribution in [-0.2, 0) is 22.4 Å². The van der Waals surface area contributed by atoms with Crippen LogP contribution in [0.2, 0.25) is 5.02 Å². The number of aliphatic carboxylic acids is 1. The summed E-state index contributed by atoms with van der Waals surface area (Å²) in [4.78, 5) is 35.9. The first-order chi connectivity index (χ1) is 24.6. The number of carbonyl (C=O) groups excluding carboxylic acids is 2. The van der Waals surface area contributed by atoms with E-state index in [-0.39, 0.29) is 18.7 Å². The molecule has 0 saturated carbocycles. The van der Waals surface area contributed by atoms with Gasteiger partial charge in [-0.25, -0.2) is 5.48 Å². The topological polar surface area (TPSA) is 162 Å². The molecule has 2 heterocycles. The average Bonchev–Trinajstić information content (AvgIpc) is 3.68. The predicted octanol–water partition coefficient (Wildman–Crippen LogP) is 7.00. The maximum absolute atomic E-state index is 13.1. The van der Waals surface area contributed by atoms with E-state index in [4.69, 9.17) is 40.6 Å². The summed E-state index contributed by atoms with van der Waals surface area (Å²) in [6.45, 7) is 1.76. The number of carboxylic acid groups (broad SMARTS) is 1. The Bertz CT molecular complexity index is 2170. The van der Waals surface area contributed by atoms with E-state index in [1.54, 1.807) is 80.8 Å². The van der Waals surface area contributed by atoms with Crippen molar-refractivity contribution in [3.05, 3.63) is 119 Å². The Morgan fingerprint density at radius 1 is 0.804 bits per heavy atom. The first-order valence-corrected chi connectivity index (χ1v) is 15.9. The van der Waals surface area contributed by atoms with Gasteiger partial charge in [-0.05, 0) is 96.9 Å². The van der Waals surface area contributed by atoms with Gasteiger partial charge in [-0.1, -0.05) is 28.9 Å². The Balaban J connectivity index is 0.000000198. The van der Waals surface area contributed by atoms with E-state index in [0.29, 0.717) is 61.3 Å². The van der Waals surface area contributed by atoms with Crippen molar-refractivity contribution in [2.24, 2.45) is 0 Å². The average molecular weight is 712 g/mol. The number of hydrogen-bond acceptors (Lipinski definition) is 9. The fourth-order valence-electron chi connectivity index (χ4n) is 5.58. The fourth-order valence-corrected chi connectivity index (χ4v) is 5.71. The molecule has 0 radical (unpaired) electrons. The number of hydroxylamine groups is 1. The zero-order valence-corrected chi connectivity index (χ0v) is 28.9. The van der Waals surface area contributed by atoms with E-state index in [1.807, 2.05) is 48.5 Å². The molecular formula is C38H34ClN3O9. The summed E-state index contributed by atoms with van der Waals surface area (Å²) >= 11 is 5.90. The second-order valence-corrected chi connectivity index (χ2v) is 11.6. The number of ether oxygens (including phenoxy) is 3. The standard InChI is InChI=1S/C19H17ClN2O4.C19H17NO5/c1-11-15(10-18(23)21-25)16-9-14(26-2)7-8-17(16)22(11)19(24)12-3-5-13(20)6-4-12;1-23-14-7-3-12(4-8-14)18-16(11-17(21)22)25-20-19(18)13-5-9-15(24-2)10-6-13/h3-9,25H,10H2,1-2H3,(H,21,23);3-10H,11H2,1-2H3,(H,21,22). The number of rotatable bonds is 10. The molecule has 0 aliphatic heterocycles. The molecule has 0 bridgehead atoms. The lowest BCUT2D eigenvalue weighted by atomic mass is 9.98. The lowest BCUT2D eigenvalue weighted by Gasteiger charge is -2.08. The van der Waals surface area contributed by atoms with Crippen molar-refractivity contribution in [3.8, 4) is 39.6 Å². The molecule has 262 valence electrons. The number of carbonyl (C=O) groups is 3. The van der Waals surface area contributed by atoms with E-state index in [2.05, 4.69) is 5.16 Å². The zero-order chi connectivity index (χ0) is 36.7. The number of benzene rings is 4. The molecule has 0 aliphatic carbocycles. The highest BCUT2D eigenvalue weighted by Crippen LogP contribution is 2.36. The Morgan fingerprint density at radius 3 is 1.92 bits per heavy atom. The lowest BCUT2D eigenvalue weighted by Crippen LogP contribution is -2.21.